The number of hydrogen-bond acceptors (Lipinski definition) is 21. The zero-order chi connectivity index (χ0) is 55.5. The number of anilines is 3. The number of nitrogens with zero attached hydrogens (tertiary/aromatic N) is 12. The fourth-order valence-corrected chi connectivity index (χ4v) is 10.1. The van der Waals surface area contributed by atoms with Gasteiger partial charge in [-0.2, -0.15) is 15.3 Å². The molecule has 0 spiro atoms. The second-order valence-electron chi connectivity index (χ2n) is 16.1. The highest BCUT2D eigenvalue weighted by Crippen LogP contribution is 2.41. The minimum atomic E-state index is -0.336. The Morgan fingerprint density at radius 3 is 1.20 bits per heavy atom. The van der Waals surface area contributed by atoms with Crippen LogP contribution in [0, 0.1) is 0 Å². The summed E-state index contributed by atoms with van der Waals surface area (Å²) in [6, 6.07) is 17.7. The Bertz CT molecular complexity index is 3430. The van der Waals surface area contributed by atoms with Crippen molar-refractivity contribution in [1.82, 2.24) is 75.4 Å². The number of aromatic nitrogens is 15. The normalized spacial score (nSPS) is 10.7. The van der Waals surface area contributed by atoms with Crippen LogP contribution < -0.4 is 30.2 Å². The van der Waals surface area contributed by atoms with Crippen LogP contribution >= 0.6 is 45.6 Å². The van der Waals surface area contributed by atoms with Crippen molar-refractivity contribution in [3.05, 3.63) is 109 Å². The molecule has 0 atom stereocenters. The summed E-state index contributed by atoms with van der Waals surface area (Å²) in [6.45, 7) is 11.1. The van der Waals surface area contributed by atoms with Crippen molar-refractivity contribution in [2.24, 2.45) is 0 Å². The van der Waals surface area contributed by atoms with Gasteiger partial charge in [0.05, 0.1) is 30.4 Å². The molecule has 0 radical (unpaired) electrons. The SMILES string of the molecule is CCCC(=O)Nc1cc(-c2nc(OCC)c(-c3ncn[nH]3)s2)ccn1.CCCC(=O)Nc1cc(-c2nc(OCC)c(-c3ncn[nH]3)s2)ccn1.CCOc1nc(-c2ccnc(NC(=O)c3ccccc3Cl)c2)sc1-c1ncn[nH]1. The van der Waals surface area contributed by atoms with Crippen LogP contribution in [0.3, 0.4) is 0 Å². The molecular formula is C51H51ClN18O6S3. The highest BCUT2D eigenvalue weighted by atomic mass is 35.5. The van der Waals surface area contributed by atoms with E-state index in [0.29, 0.717) is 101 Å². The lowest BCUT2D eigenvalue weighted by molar-refractivity contribution is -0.117. The summed E-state index contributed by atoms with van der Waals surface area (Å²) in [7, 11) is 0. The van der Waals surface area contributed by atoms with Gasteiger partial charge in [0.1, 0.15) is 66.1 Å². The van der Waals surface area contributed by atoms with Gasteiger partial charge in [-0.25, -0.2) is 44.9 Å². The number of halogens is 1. The van der Waals surface area contributed by atoms with Crippen LogP contribution in [0.25, 0.3) is 63.8 Å². The number of amides is 3. The Labute approximate surface area is 468 Å². The maximum Gasteiger partial charge on any atom is 0.258 e. The molecule has 0 aliphatic heterocycles. The van der Waals surface area contributed by atoms with Crippen molar-refractivity contribution in [3.8, 4) is 81.5 Å². The zero-order valence-corrected chi connectivity index (χ0v) is 46.3. The summed E-state index contributed by atoms with van der Waals surface area (Å²) < 4.78 is 16.9. The fourth-order valence-electron chi connectivity index (χ4n) is 6.98. The van der Waals surface area contributed by atoms with E-state index in [-0.39, 0.29) is 17.7 Å². The summed E-state index contributed by atoms with van der Waals surface area (Å²) >= 11 is 10.4. The first-order chi connectivity index (χ1) is 38.6. The molecule has 10 rings (SSSR count). The molecule has 0 aliphatic rings. The number of benzene rings is 1. The van der Waals surface area contributed by atoms with E-state index in [0.717, 1.165) is 54.2 Å². The Hall–Kier alpha value is -8.92. The zero-order valence-electron chi connectivity index (χ0n) is 43.1. The molecule has 24 nitrogen and oxygen atoms in total. The number of pyridine rings is 3. The van der Waals surface area contributed by atoms with E-state index in [1.54, 1.807) is 61.1 Å². The summed E-state index contributed by atoms with van der Waals surface area (Å²) in [5.74, 6) is 4.25. The number of ether oxygens (including phenoxy) is 3. The average Bonchev–Trinajstić information content (AvgIpc) is 4.39. The van der Waals surface area contributed by atoms with Gasteiger partial charge in [0, 0.05) is 48.1 Å². The third-order valence-corrected chi connectivity index (χ3v) is 14.0. The maximum absolute atomic E-state index is 12.5. The largest absolute Gasteiger partial charge is 0.477 e. The Kier molecular flexibility index (Phi) is 19.9. The first-order valence-electron chi connectivity index (χ1n) is 24.6. The van der Waals surface area contributed by atoms with Gasteiger partial charge in [0.2, 0.25) is 29.5 Å². The van der Waals surface area contributed by atoms with Gasteiger partial charge in [0.25, 0.3) is 5.91 Å². The smallest absolute Gasteiger partial charge is 0.258 e. The molecule has 0 aliphatic carbocycles. The van der Waals surface area contributed by atoms with Gasteiger partial charge < -0.3 is 30.2 Å². The molecule has 0 saturated carbocycles. The van der Waals surface area contributed by atoms with Crippen molar-refractivity contribution in [2.45, 2.75) is 60.3 Å². The molecule has 9 aromatic heterocycles. The van der Waals surface area contributed by atoms with Gasteiger partial charge in [-0.1, -0.05) is 37.6 Å². The number of hydrogen-bond donors (Lipinski definition) is 6. The van der Waals surface area contributed by atoms with Crippen LogP contribution in [0.15, 0.2) is 98.2 Å². The number of H-pyrrole nitrogens is 3. The molecule has 0 bridgehead atoms. The molecule has 406 valence electrons. The lowest BCUT2D eigenvalue weighted by Crippen LogP contribution is -2.13. The van der Waals surface area contributed by atoms with E-state index in [9.17, 15) is 14.4 Å². The first-order valence-corrected chi connectivity index (χ1v) is 27.4. The molecule has 9 heterocycles. The lowest BCUT2D eigenvalue weighted by Gasteiger charge is -2.06. The molecule has 0 saturated heterocycles. The topological polar surface area (TPSA) is 317 Å². The summed E-state index contributed by atoms with van der Waals surface area (Å²) in [6.07, 6.45) is 11.7. The average molecular weight is 1140 g/mol. The van der Waals surface area contributed by atoms with Crippen LogP contribution in [0.2, 0.25) is 5.02 Å². The van der Waals surface area contributed by atoms with Crippen molar-refractivity contribution in [2.75, 3.05) is 35.8 Å². The molecule has 0 unspecified atom stereocenters. The van der Waals surface area contributed by atoms with E-state index in [4.69, 9.17) is 25.8 Å². The van der Waals surface area contributed by atoms with Gasteiger partial charge >= 0.3 is 0 Å². The fraction of sp³-hybridized carbons (Fsp3) is 0.235. The van der Waals surface area contributed by atoms with Crippen LogP contribution in [0.5, 0.6) is 17.6 Å². The Morgan fingerprint density at radius 1 is 0.506 bits per heavy atom. The molecule has 1 aromatic carbocycles. The van der Waals surface area contributed by atoms with E-state index in [1.807, 2.05) is 52.8 Å². The minimum absolute atomic E-state index is 0.0522. The maximum atomic E-state index is 12.5. The number of carbonyl (C=O) groups excluding carboxylic acids is 3. The third kappa shape index (κ3) is 15.0. The molecule has 0 fully saturated rings. The standard InChI is InChI=1S/C19H15ClN6O2S.2C16H18N6O2S/c1-2-28-18-15(16-22-10-23-26-16)29-19(25-18)11-7-8-21-14(9-11)24-17(27)12-5-3-4-6-13(12)20;2*1-3-5-12(23)20-11-8-10(6-7-17-11)16-21-15(24-4-2)13(25-16)14-18-9-19-22-14/h3-10H,2H2,1H3,(H,21,24,27)(H,22,23,26);2*6-9H,3-5H2,1-2H3,(H,17,20,23)(H,18,19,22). The predicted octanol–water partition coefficient (Wildman–Crippen LogP) is 10.5. The van der Waals surface area contributed by atoms with Gasteiger partial charge in [-0.15, -0.1) is 34.0 Å². The van der Waals surface area contributed by atoms with E-state index in [1.165, 1.54) is 53.0 Å². The van der Waals surface area contributed by atoms with Crippen LogP contribution in [-0.4, -0.2) is 113 Å². The molecule has 3 amide bonds. The lowest BCUT2D eigenvalue weighted by atomic mass is 10.2. The van der Waals surface area contributed by atoms with Gasteiger partial charge in [-0.3, -0.25) is 29.7 Å². The van der Waals surface area contributed by atoms with Crippen LogP contribution in [0.1, 0.15) is 70.7 Å². The second-order valence-corrected chi connectivity index (χ2v) is 19.5. The summed E-state index contributed by atoms with van der Waals surface area (Å²) in [4.78, 5) is 77.1. The highest BCUT2D eigenvalue weighted by Gasteiger charge is 2.22. The Morgan fingerprint density at radius 2 is 0.873 bits per heavy atom. The van der Waals surface area contributed by atoms with E-state index < -0.39 is 0 Å². The molecule has 6 N–H and O–H groups in total. The van der Waals surface area contributed by atoms with Crippen molar-refractivity contribution in [1.29, 1.82) is 0 Å². The predicted molar refractivity (Wildman–Crippen MR) is 302 cm³/mol. The number of thiazole rings is 3. The Balaban J connectivity index is 0.000000157. The van der Waals surface area contributed by atoms with Crippen molar-refractivity contribution < 1.29 is 28.6 Å². The number of aromatic amines is 3. The third-order valence-electron chi connectivity index (χ3n) is 10.4. The highest BCUT2D eigenvalue weighted by molar-refractivity contribution is 7.19. The second kappa shape index (κ2) is 27.9. The summed E-state index contributed by atoms with van der Waals surface area (Å²) in [5, 5.41) is 31.1. The summed E-state index contributed by atoms with van der Waals surface area (Å²) in [5.41, 5.74) is 2.85. The quantitative estimate of drug-likeness (QED) is 0.0413. The van der Waals surface area contributed by atoms with Gasteiger partial charge in [-0.05, 0) is 82.1 Å². The first kappa shape index (κ1) is 56.3. The van der Waals surface area contributed by atoms with Gasteiger partial charge in [0.15, 0.2) is 17.5 Å². The molecule has 79 heavy (non-hydrogen) atoms. The van der Waals surface area contributed by atoms with E-state index >= 15 is 0 Å². The molecule has 28 heteroatoms. The van der Waals surface area contributed by atoms with Crippen LogP contribution in [0.4, 0.5) is 17.5 Å². The number of nitrogens with one attached hydrogen (secondary N) is 6. The monoisotopic (exact) mass is 1140 g/mol. The number of carbonyl (C=O) groups is 3. The molecule has 10 aromatic rings. The van der Waals surface area contributed by atoms with Crippen molar-refractivity contribution >= 4 is 80.8 Å². The molecular weight excluding hydrogens is 1090 g/mol. The number of rotatable bonds is 20. The van der Waals surface area contributed by atoms with Crippen LogP contribution in [-0.2, 0) is 9.59 Å². The van der Waals surface area contributed by atoms with Crippen molar-refractivity contribution in [3.63, 3.8) is 0 Å². The van der Waals surface area contributed by atoms with E-state index in [2.05, 4.69) is 91.4 Å². The minimum Gasteiger partial charge on any atom is -0.477 e.